The highest BCUT2D eigenvalue weighted by molar-refractivity contribution is 5.95. The van der Waals surface area contributed by atoms with Crippen molar-refractivity contribution in [3.8, 4) is 23.3 Å². The first-order valence-corrected chi connectivity index (χ1v) is 7.00. The molecule has 9 heteroatoms. The lowest BCUT2D eigenvalue weighted by atomic mass is 9.94. The number of carbonyl (C=O) groups excluding carboxylic acids is 1. The highest BCUT2D eigenvalue weighted by atomic mass is 16.6. The molecule has 2 N–H and O–H groups in total. The van der Waals surface area contributed by atoms with E-state index < -0.39 is 10.9 Å². The van der Waals surface area contributed by atoms with Crippen LogP contribution in [0.15, 0.2) is 24.3 Å². The lowest BCUT2D eigenvalue weighted by molar-refractivity contribution is -0.384. The fourth-order valence-corrected chi connectivity index (χ4v) is 2.21. The summed E-state index contributed by atoms with van der Waals surface area (Å²) >= 11 is 0. The van der Waals surface area contributed by atoms with Crippen molar-refractivity contribution < 1.29 is 14.5 Å². The van der Waals surface area contributed by atoms with Crippen molar-refractivity contribution in [2.24, 2.45) is 0 Å². The molecule has 0 aliphatic rings. The van der Waals surface area contributed by atoms with Crippen molar-refractivity contribution in [3.63, 3.8) is 0 Å². The predicted octanol–water partition coefficient (Wildman–Crippen LogP) is 2.16. The molecule has 0 spiro atoms. The van der Waals surface area contributed by atoms with Gasteiger partial charge in [0.15, 0.2) is 5.69 Å². The van der Waals surface area contributed by atoms with Crippen molar-refractivity contribution in [1.82, 2.24) is 4.98 Å². The first-order chi connectivity index (χ1) is 11.9. The van der Waals surface area contributed by atoms with Gasteiger partial charge in [-0.15, -0.1) is 0 Å². The van der Waals surface area contributed by atoms with Gasteiger partial charge in [0.25, 0.3) is 5.69 Å². The maximum Gasteiger partial charge on any atom is 0.358 e. The Morgan fingerprint density at radius 3 is 2.36 bits per heavy atom. The second-order valence-electron chi connectivity index (χ2n) is 4.72. The van der Waals surface area contributed by atoms with E-state index in [0.717, 1.165) is 0 Å². The number of nitrogens with two attached hydrogens (primary N) is 1. The third kappa shape index (κ3) is 3.21. The van der Waals surface area contributed by atoms with Gasteiger partial charge in [-0.2, -0.15) is 10.5 Å². The summed E-state index contributed by atoms with van der Waals surface area (Å²) in [5, 5.41) is 29.6. The topological polar surface area (TPSA) is 156 Å². The van der Waals surface area contributed by atoms with Gasteiger partial charge in [-0.25, -0.2) is 9.78 Å². The molecule has 0 fully saturated rings. The van der Waals surface area contributed by atoms with Gasteiger partial charge in [-0.1, -0.05) is 0 Å². The molecule has 124 valence electrons. The zero-order valence-electron chi connectivity index (χ0n) is 13.0. The Bertz CT molecular complexity index is 939. The molecule has 25 heavy (non-hydrogen) atoms. The average molecular weight is 337 g/mol. The van der Waals surface area contributed by atoms with E-state index in [1.54, 1.807) is 6.92 Å². The number of nitro benzene ring substituents is 1. The summed E-state index contributed by atoms with van der Waals surface area (Å²) in [6, 6.07) is 8.86. The van der Waals surface area contributed by atoms with Gasteiger partial charge in [-0.05, 0) is 24.6 Å². The second-order valence-corrected chi connectivity index (χ2v) is 4.72. The van der Waals surface area contributed by atoms with Crippen LogP contribution in [0.2, 0.25) is 0 Å². The zero-order chi connectivity index (χ0) is 18.6. The minimum atomic E-state index is -0.849. The Balaban J connectivity index is 2.78. The minimum Gasteiger partial charge on any atom is -0.461 e. The molecule has 2 rings (SSSR count). The fourth-order valence-electron chi connectivity index (χ4n) is 2.21. The standard InChI is InChI=1S/C16H11N5O4/c1-2-25-16(22)14-11(7-17)13(12(8-18)15(19)20-14)9-3-5-10(6-4-9)21(23)24/h3-6H,2H2,1H3,(H2,19,20). The van der Waals surface area contributed by atoms with E-state index in [4.69, 9.17) is 10.5 Å². The predicted molar refractivity (Wildman–Crippen MR) is 86.1 cm³/mol. The van der Waals surface area contributed by atoms with E-state index in [1.807, 2.05) is 12.1 Å². The summed E-state index contributed by atoms with van der Waals surface area (Å²) in [5.41, 5.74) is 5.39. The van der Waals surface area contributed by atoms with Crippen LogP contribution in [0.1, 0.15) is 28.5 Å². The van der Waals surface area contributed by atoms with Gasteiger partial charge in [0.2, 0.25) is 0 Å². The maximum absolute atomic E-state index is 12.0. The summed E-state index contributed by atoms with van der Waals surface area (Å²) in [7, 11) is 0. The van der Waals surface area contributed by atoms with E-state index >= 15 is 0 Å². The van der Waals surface area contributed by atoms with Crippen LogP contribution in [0.25, 0.3) is 11.1 Å². The second kappa shape index (κ2) is 7.06. The molecule has 0 aliphatic carbocycles. The fraction of sp³-hybridized carbons (Fsp3) is 0.125. The number of non-ortho nitro benzene ring substituents is 1. The Morgan fingerprint density at radius 1 is 1.28 bits per heavy atom. The Morgan fingerprint density at radius 2 is 1.88 bits per heavy atom. The number of nitro groups is 1. The van der Waals surface area contributed by atoms with Gasteiger partial charge in [0.05, 0.1) is 17.1 Å². The number of aromatic nitrogens is 1. The first kappa shape index (κ1) is 17.4. The molecule has 2 aromatic rings. The van der Waals surface area contributed by atoms with E-state index in [-0.39, 0.29) is 40.5 Å². The maximum atomic E-state index is 12.0. The van der Waals surface area contributed by atoms with Gasteiger partial charge in [0, 0.05) is 17.7 Å². The van der Waals surface area contributed by atoms with Gasteiger partial charge in [-0.3, -0.25) is 10.1 Å². The normalized spacial score (nSPS) is 9.72. The number of benzene rings is 1. The number of hydrogen-bond acceptors (Lipinski definition) is 8. The molecule has 0 saturated carbocycles. The molecule has 1 heterocycles. The van der Waals surface area contributed by atoms with Gasteiger partial charge in [0.1, 0.15) is 23.5 Å². The largest absolute Gasteiger partial charge is 0.461 e. The summed E-state index contributed by atoms with van der Waals surface area (Å²) in [4.78, 5) is 26.1. The Labute approximate surface area is 142 Å². The summed E-state index contributed by atoms with van der Waals surface area (Å²) in [5.74, 6) is -1.09. The van der Waals surface area contributed by atoms with Crippen LogP contribution in [-0.2, 0) is 4.74 Å². The average Bonchev–Trinajstić information content (AvgIpc) is 2.61. The van der Waals surface area contributed by atoms with Crippen LogP contribution >= 0.6 is 0 Å². The smallest absolute Gasteiger partial charge is 0.358 e. The van der Waals surface area contributed by atoms with Crippen LogP contribution in [0.5, 0.6) is 0 Å². The molecule has 0 bridgehead atoms. The summed E-state index contributed by atoms with van der Waals surface area (Å²) < 4.78 is 4.86. The van der Waals surface area contributed by atoms with Crippen molar-refractivity contribution in [1.29, 1.82) is 10.5 Å². The van der Waals surface area contributed by atoms with E-state index in [2.05, 4.69) is 4.98 Å². The molecule has 0 amide bonds. The number of esters is 1. The third-order valence-corrected chi connectivity index (χ3v) is 3.28. The third-order valence-electron chi connectivity index (χ3n) is 3.28. The quantitative estimate of drug-likeness (QED) is 0.505. The monoisotopic (exact) mass is 337 g/mol. The van der Waals surface area contributed by atoms with Crippen LogP contribution in [-0.4, -0.2) is 22.5 Å². The molecule has 0 atom stereocenters. The summed E-state index contributed by atoms with van der Waals surface area (Å²) in [6.07, 6.45) is 0. The van der Waals surface area contributed by atoms with Crippen LogP contribution in [0, 0.1) is 32.8 Å². The number of anilines is 1. The number of nitrogens with zero attached hydrogens (tertiary/aromatic N) is 4. The molecule has 1 aromatic heterocycles. The van der Waals surface area contributed by atoms with Crippen molar-refractivity contribution in [3.05, 3.63) is 51.2 Å². The zero-order valence-corrected chi connectivity index (χ0v) is 13.0. The molecule has 9 nitrogen and oxygen atoms in total. The van der Waals surface area contributed by atoms with Crippen LogP contribution in [0.4, 0.5) is 11.5 Å². The number of hydrogen-bond donors (Lipinski definition) is 1. The molecule has 0 aliphatic heterocycles. The lowest BCUT2D eigenvalue weighted by Gasteiger charge is -2.12. The number of carbonyl (C=O) groups is 1. The first-order valence-electron chi connectivity index (χ1n) is 7.00. The van der Waals surface area contributed by atoms with Crippen molar-refractivity contribution >= 4 is 17.5 Å². The number of nitriles is 2. The van der Waals surface area contributed by atoms with Crippen molar-refractivity contribution in [2.75, 3.05) is 12.3 Å². The Kier molecular flexibility index (Phi) is 4.91. The van der Waals surface area contributed by atoms with Crippen LogP contribution < -0.4 is 5.73 Å². The van der Waals surface area contributed by atoms with Gasteiger partial charge < -0.3 is 10.5 Å². The number of ether oxygens (including phenoxy) is 1. The lowest BCUT2D eigenvalue weighted by Crippen LogP contribution is -2.14. The Hall–Kier alpha value is -3.98. The number of pyridine rings is 1. The molecular formula is C16H11N5O4. The summed E-state index contributed by atoms with van der Waals surface area (Å²) in [6.45, 7) is 1.66. The highest BCUT2D eigenvalue weighted by Crippen LogP contribution is 2.33. The molecular weight excluding hydrogens is 326 g/mol. The van der Waals surface area contributed by atoms with E-state index in [0.29, 0.717) is 5.56 Å². The highest BCUT2D eigenvalue weighted by Gasteiger charge is 2.25. The van der Waals surface area contributed by atoms with E-state index in [1.165, 1.54) is 24.3 Å². The van der Waals surface area contributed by atoms with E-state index in [9.17, 15) is 25.4 Å². The molecule has 1 aromatic carbocycles. The SMILES string of the molecule is CCOC(=O)c1nc(N)c(C#N)c(-c2ccc([N+](=O)[O-])cc2)c1C#N. The molecule has 0 saturated heterocycles. The molecule has 0 radical (unpaired) electrons. The van der Waals surface area contributed by atoms with Crippen LogP contribution in [0.3, 0.4) is 0 Å². The van der Waals surface area contributed by atoms with Crippen molar-refractivity contribution in [2.45, 2.75) is 6.92 Å². The number of nitrogen functional groups attached to an aromatic ring is 1. The molecule has 0 unspecified atom stereocenters. The number of rotatable bonds is 4. The van der Waals surface area contributed by atoms with Gasteiger partial charge >= 0.3 is 5.97 Å². The minimum absolute atomic E-state index is 0.0676.